The molecule has 1 aliphatic heterocycles. The third-order valence-electron chi connectivity index (χ3n) is 4.78. The van der Waals surface area contributed by atoms with Gasteiger partial charge in [0, 0.05) is 13.1 Å². The van der Waals surface area contributed by atoms with E-state index in [0.717, 1.165) is 5.92 Å². The summed E-state index contributed by atoms with van der Waals surface area (Å²) in [6.07, 6.45) is 4.22. The van der Waals surface area contributed by atoms with Gasteiger partial charge in [-0.3, -0.25) is 0 Å². The predicted octanol–water partition coefficient (Wildman–Crippen LogP) is 3.67. The van der Waals surface area contributed by atoms with Crippen LogP contribution in [0.3, 0.4) is 0 Å². The molecule has 1 saturated heterocycles. The normalized spacial score (nSPS) is 26.4. The maximum atomic E-state index is 3.44. The highest BCUT2D eigenvalue weighted by atomic mass is 15.0. The molecule has 2 fully saturated rings. The molecule has 1 nitrogen and oxygen atoms in total. The van der Waals surface area contributed by atoms with Crippen LogP contribution >= 0.6 is 0 Å². The first-order valence-corrected chi connectivity index (χ1v) is 6.99. The smallest absolute Gasteiger partial charge is 0.00204 e. The highest BCUT2D eigenvalue weighted by Gasteiger charge is 2.43. The molecule has 1 heteroatoms. The minimum atomic E-state index is 0.648. The average Bonchev–Trinajstić information content (AvgIpc) is 2.74. The summed E-state index contributed by atoms with van der Waals surface area (Å²) < 4.78 is 0. The zero-order valence-electron chi connectivity index (χ0n) is 11.0. The van der Waals surface area contributed by atoms with E-state index in [-0.39, 0.29) is 0 Å². The molecule has 1 atom stereocenters. The first-order valence-electron chi connectivity index (χ1n) is 6.99. The van der Waals surface area contributed by atoms with Crippen molar-refractivity contribution in [2.75, 3.05) is 13.1 Å². The number of benzene rings is 1. The first-order chi connectivity index (χ1) is 8.19. The van der Waals surface area contributed by atoms with Crippen molar-refractivity contribution in [2.45, 2.75) is 44.9 Å². The van der Waals surface area contributed by atoms with E-state index < -0.39 is 0 Å². The standard InChI is InChI=1S/C16H23N/c1-12(2)13-3-5-14(6-4-13)15-7-8-16(9-15)10-17-11-16/h3-6,12,15,17H,7-11H2,1-2H3/t15-/m1/s1. The molecule has 1 spiro atoms. The second-order valence-electron chi connectivity index (χ2n) is 6.36. The van der Waals surface area contributed by atoms with E-state index in [1.165, 1.54) is 37.9 Å². The summed E-state index contributed by atoms with van der Waals surface area (Å²) in [5.74, 6) is 1.47. The molecule has 0 unspecified atom stereocenters. The molecule has 0 radical (unpaired) electrons. The lowest BCUT2D eigenvalue weighted by atomic mass is 9.79. The van der Waals surface area contributed by atoms with Gasteiger partial charge < -0.3 is 5.32 Å². The Kier molecular flexibility index (Phi) is 2.74. The number of nitrogens with one attached hydrogen (secondary N) is 1. The van der Waals surface area contributed by atoms with Crippen molar-refractivity contribution in [3.05, 3.63) is 35.4 Å². The molecule has 1 heterocycles. The number of hydrogen-bond donors (Lipinski definition) is 1. The maximum absolute atomic E-state index is 3.44. The van der Waals surface area contributed by atoms with Crippen LogP contribution in [0.25, 0.3) is 0 Å². The molecule has 1 N–H and O–H groups in total. The van der Waals surface area contributed by atoms with Crippen LogP contribution in [0.15, 0.2) is 24.3 Å². The summed E-state index contributed by atoms with van der Waals surface area (Å²) in [6, 6.07) is 9.38. The molecule has 0 bridgehead atoms. The van der Waals surface area contributed by atoms with E-state index in [0.29, 0.717) is 11.3 Å². The summed E-state index contributed by atoms with van der Waals surface area (Å²) >= 11 is 0. The largest absolute Gasteiger partial charge is 0.316 e. The van der Waals surface area contributed by atoms with E-state index in [2.05, 4.69) is 43.4 Å². The van der Waals surface area contributed by atoms with Gasteiger partial charge in [-0.25, -0.2) is 0 Å². The van der Waals surface area contributed by atoms with Crippen LogP contribution < -0.4 is 5.32 Å². The fourth-order valence-corrected chi connectivity index (χ4v) is 3.44. The second kappa shape index (κ2) is 4.13. The van der Waals surface area contributed by atoms with Crippen molar-refractivity contribution in [1.29, 1.82) is 0 Å². The van der Waals surface area contributed by atoms with Crippen LogP contribution in [0.4, 0.5) is 0 Å². The van der Waals surface area contributed by atoms with Gasteiger partial charge in [0.05, 0.1) is 0 Å². The van der Waals surface area contributed by atoms with Crippen LogP contribution in [-0.2, 0) is 0 Å². The molecule has 0 amide bonds. The van der Waals surface area contributed by atoms with Crippen molar-refractivity contribution < 1.29 is 0 Å². The highest BCUT2D eigenvalue weighted by Crippen LogP contribution is 2.48. The second-order valence-corrected chi connectivity index (χ2v) is 6.36. The van der Waals surface area contributed by atoms with Crippen LogP contribution in [0.1, 0.15) is 56.1 Å². The quantitative estimate of drug-likeness (QED) is 0.816. The van der Waals surface area contributed by atoms with Crippen molar-refractivity contribution in [3.8, 4) is 0 Å². The molecule has 1 aliphatic carbocycles. The van der Waals surface area contributed by atoms with E-state index in [4.69, 9.17) is 0 Å². The van der Waals surface area contributed by atoms with Gasteiger partial charge in [0.2, 0.25) is 0 Å². The van der Waals surface area contributed by atoms with Gasteiger partial charge in [-0.05, 0) is 47.6 Å². The molecule has 92 valence electrons. The van der Waals surface area contributed by atoms with Crippen LogP contribution in [-0.4, -0.2) is 13.1 Å². The first kappa shape index (κ1) is 11.3. The zero-order valence-corrected chi connectivity index (χ0v) is 11.0. The Bertz CT molecular complexity index is 386. The minimum absolute atomic E-state index is 0.648. The van der Waals surface area contributed by atoms with Crippen molar-refractivity contribution in [3.63, 3.8) is 0 Å². The molecular weight excluding hydrogens is 206 g/mol. The van der Waals surface area contributed by atoms with Gasteiger partial charge in [0.1, 0.15) is 0 Å². The molecule has 0 aromatic heterocycles. The van der Waals surface area contributed by atoms with Crippen molar-refractivity contribution >= 4 is 0 Å². The van der Waals surface area contributed by atoms with Crippen molar-refractivity contribution in [1.82, 2.24) is 5.32 Å². The van der Waals surface area contributed by atoms with Gasteiger partial charge in [-0.2, -0.15) is 0 Å². The third-order valence-corrected chi connectivity index (χ3v) is 4.78. The van der Waals surface area contributed by atoms with E-state index in [9.17, 15) is 0 Å². The molecule has 1 saturated carbocycles. The average molecular weight is 229 g/mol. The summed E-state index contributed by atoms with van der Waals surface area (Å²) in [5.41, 5.74) is 3.70. The lowest BCUT2D eigenvalue weighted by molar-refractivity contribution is 0.175. The molecule has 1 aromatic rings. The summed E-state index contributed by atoms with van der Waals surface area (Å²) in [4.78, 5) is 0. The van der Waals surface area contributed by atoms with Crippen LogP contribution in [0.5, 0.6) is 0 Å². The third kappa shape index (κ3) is 2.01. The monoisotopic (exact) mass is 229 g/mol. The fraction of sp³-hybridized carbons (Fsp3) is 0.625. The van der Waals surface area contributed by atoms with Crippen LogP contribution in [0, 0.1) is 5.41 Å². The lowest BCUT2D eigenvalue weighted by Gasteiger charge is -2.39. The Labute approximate surface area is 105 Å². The fourth-order valence-electron chi connectivity index (χ4n) is 3.44. The molecule has 17 heavy (non-hydrogen) atoms. The van der Waals surface area contributed by atoms with Gasteiger partial charge in [-0.15, -0.1) is 0 Å². The van der Waals surface area contributed by atoms with Gasteiger partial charge >= 0.3 is 0 Å². The Hall–Kier alpha value is -0.820. The zero-order chi connectivity index (χ0) is 11.9. The topological polar surface area (TPSA) is 12.0 Å². The Morgan fingerprint density at radius 1 is 1.18 bits per heavy atom. The molecule has 2 aliphatic rings. The summed E-state index contributed by atoms with van der Waals surface area (Å²) in [5, 5.41) is 3.44. The Morgan fingerprint density at radius 2 is 1.88 bits per heavy atom. The van der Waals surface area contributed by atoms with Crippen molar-refractivity contribution in [2.24, 2.45) is 5.41 Å². The summed E-state index contributed by atoms with van der Waals surface area (Å²) in [6.45, 7) is 7.04. The molecule has 3 rings (SSSR count). The van der Waals surface area contributed by atoms with Gasteiger partial charge in [0.15, 0.2) is 0 Å². The lowest BCUT2D eigenvalue weighted by Crippen LogP contribution is -2.51. The molecule has 1 aromatic carbocycles. The number of hydrogen-bond acceptors (Lipinski definition) is 1. The van der Waals surface area contributed by atoms with E-state index in [1.807, 2.05) is 0 Å². The van der Waals surface area contributed by atoms with E-state index in [1.54, 1.807) is 5.56 Å². The highest BCUT2D eigenvalue weighted by molar-refractivity contribution is 5.28. The molecular formula is C16H23N. The maximum Gasteiger partial charge on any atom is 0.00204 e. The Morgan fingerprint density at radius 3 is 2.35 bits per heavy atom. The minimum Gasteiger partial charge on any atom is -0.316 e. The predicted molar refractivity (Wildman–Crippen MR) is 72.4 cm³/mol. The number of rotatable bonds is 2. The van der Waals surface area contributed by atoms with Crippen LogP contribution in [0.2, 0.25) is 0 Å². The Balaban J connectivity index is 1.72. The van der Waals surface area contributed by atoms with Gasteiger partial charge in [0.25, 0.3) is 0 Å². The van der Waals surface area contributed by atoms with Gasteiger partial charge in [-0.1, -0.05) is 38.1 Å². The van der Waals surface area contributed by atoms with E-state index >= 15 is 0 Å². The SMILES string of the molecule is CC(C)c1ccc([C@@H]2CCC3(CNC3)C2)cc1. The summed E-state index contributed by atoms with van der Waals surface area (Å²) in [7, 11) is 0.